The molecule has 5 nitrogen and oxygen atoms in total. The number of carbonyl (C=O) groups excluding carboxylic acids is 1. The highest BCUT2D eigenvalue weighted by molar-refractivity contribution is 5.91. The van der Waals surface area contributed by atoms with Gasteiger partial charge >= 0.3 is 0 Å². The van der Waals surface area contributed by atoms with Gasteiger partial charge in [0, 0.05) is 12.1 Å². The number of nitrogens with zero attached hydrogens (tertiary/aromatic N) is 2. The van der Waals surface area contributed by atoms with E-state index in [9.17, 15) is 4.79 Å². The number of hydrogen-bond donors (Lipinski definition) is 0. The number of para-hydroxylation sites is 1. The molecule has 0 aliphatic carbocycles. The van der Waals surface area contributed by atoms with Gasteiger partial charge in [-0.15, -0.1) is 0 Å². The zero-order valence-corrected chi connectivity index (χ0v) is 13.1. The van der Waals surface area contributed by atoms with Gasteiger partial charge in [-0.3, -0.25) is 4.79 Å². The molecular formula is C17H20N2O3. The molecule has 0 saturated heterocycles. The Morgan fingerprint density at radius 3 is 2.95 bits per heavy atom. The van der Waals surface area contributed by atoms with Crippen LogP contribution in [0.4, 0.5) is 0 Å². The topological polar surface area (TPSA) is 55.6 Å². The molecule has 0 spiro atoms. The van der Waals surface area contributed by atoms with Crippen LogP contribution in [0.3, 0.4) is 0 Å². The number of hydrogen-bond acceptors (Lipinski definition) is 4. The Labute approximate surface area is 129 Å². The maximum absolute atomic E-state index is 12.1. The summed E-state index contributed by atoms with van der Waals surface area (Å²) in [5, 5.41) is 0. The predicted molar refractivity (Wildman–Crippen MR) is 83.4 cm³/mol. The van der Waals surface area contributed by atoms with Crippen LogP contribution in [0.2, 0.25) is 0 Å². The Morgan fingerprint density at radius 2 is 2.18 bits per heavy atom. The van der Waals surface area contributed by atoms with Gasteiger partial charge in [0.2, 0.25) is 0 Å². The number of fused-ring (bicyclic) bond motifs is 1. The van der Waals surface area contributed by atoms with Crippen molar-refractivity contribution in [1.29, 1.82) is 0 Å². The van der Waals surface area contributed by atoms with Crippen molar-refractivity contribution in [3.05, 3.63) is 36.4 Å². The average Bonchev–Trinajstić information content (AvgIpc) is 3.05. The summed E-state index contributed by atoms with van der Waals surface area (Å²) in [6.07, 6.45) is 3.93. The van der Waals surface area contributed by atoms with Gasteiger partial charge in [-0.25, -0.2) is 4.98 Å². The van der Waals surface area contributed by atoms with Crippen LogP contribution >= 0.6 is 0 Å². The predicted octanol–water partition coefficient (Wildman–Crippen LogP) is 3.37. The first-order chi connectivity index (χ1) is 10.5. The number of benzene rings is 1. The van der Waals surface area contributed by atoms with E-state index in [1.807, 2.05) is 23.1 Å². The molecule has 0 radical (unpaired) electrons. The fourth-order valence-corrected chi connectivity index (χ4v) is 2.84. The number of rotatable bonds is 5. The lowest BCUT2D eigenvalue weighted by Crippen LogP contribution is -2.36. The van der Waals surface area contributed by atoms with Gasteiger partial charge in [0.25, 0.3) is 5.91 Å². The molecule has 1 aliphatic rings. The number of oxazole rings is 1. The van der Waals surface area contributed by atoms with Gasteiger partial charge in [0.15, 0.2) is 23.2 Å². The monoisotopic (exact) mass is 300 g/mol. The molecule has 0 N–H and O–H groups in total. The number of ether oxygens (including phenoxy) is 1. The lowest BCUT2D eigenvalue weighted by Gasteiger charge is -2.26. The molecule has 116 valence electrons. The third kappa shape index (κ3) is 2.84. The Hall–Kier alpha value is -2.30. The number of carbonyl (C=O) groups is 1. The average molecular weight is 300 g/mol. The minimum Gasteiger partial charge on any atom is -0.457 e. The van der Waals surface area contributed by atoms with E-state index in [2.05, 4.69) is 25.8 Å². The third-order valence-corrected chi connectivity index (χ3v) is 3.80. The molecule has 1 aliphatic heterocycles. The Morgan fingerprint density at radius 1 is 1.36 bits per heavy atom. The van der Waals surface area contributed by atoms with Gasteiger partial charge in [-0.05, 0) is 31.4 Å². The van der Waals surface area contributed by atoms with Crippen molar-refractivity contribution >= 4 is 17.0 Å². The summed E-state index contributed by atoms with van der Waals surface area (Å²) in [7, 11) is 0. The first-order valence-electron chi connectivity index (χ1n) is 7.56. The van der Waals surface area contributed by atoms with Crippen LogP contribution in [0, 0.1) is 5.92 Å². The molecule has 1 aromatic carbocycles. The first-order valence-corrected chi connectivity index (χ1v) is 7.56. The molecule has 2 aromatic rings. The van der Waals surface area contributed by atoms with Crippen LogP contribution in [-0.4, -0.2) is 28.4 Å². The Bertz CT molecular complexity index is 718. The van der Waals surface area contributed by atoms with Gasteiger partial charge in [-0.2, -0.15) is 0 Å². The molecule has 0 saturated carbocycles. The van der Waals surface area contributed by atoms with Crippen molar-refractivity contribution < 1.29 is 13.9 Å². The molecule has 1 amide bonds. The largest absolute Gasteiger partial charge is 0.457 e. The van der Waals surface area contributed by atoms with E-state index in [0.29, 0.717) is 35.1 Å². The van der Waals surface area contributed by atoms with E-state index in [4.69, 9.17) is 9.15 Å². The van der Waals surface area contributed by atoms with Crippen molar-refractivity contribution in [3.63, 3.8) is 0 Å². The number of amides is 1. The lowest BCUT2D eigenvalue weighted by molar-refractivity contribution is -0.126. The highest BCUT2D eigenvalue weighted by Crippen LogP contribution is 2.27. The Kier molecular flexibility index (Phi) is 3.88. The molecule has 0 fully saturated rings. The zero-order chi connectivity index (χ0) is 15.7. The molecular weight excluding hydrogens is 280 g/mol. The number of aromatic nitrogens is 1. The van der Waals surface area contributed by atoms with Crippen molar-refractivity contribution in [3.8, 4) is 5.75 Å². The van der Waals surface area contributed by atoms with Gasteiger partial charge < -0.3 is 14.1 Å². The van der Waals surface area contributed by atoms with E-state index in [0.717, 1.165) is 6.42 Å². The van der Waals surface area contributed by atoms with E-state index >= 15 is 0 Å². The fraction of sp³-hybridized carbons (Fsp3) is 0.412. The summed E-state index contributed by atoms with van der Waals surface area (Å²) in [6.45, 7) is 6.90. The fourth-order valence-electron chi connectivity index (χ4n) is 2.84. The van der Waals surface area contributed by atoms with Crippen molar-refractivity contribution in [2.75, 3.05) is 6.54 Å². The van der Waals surface area contributed by atoms with Crippen LogP contribution in [0.25, 0.3) is 11.1 Å². The van der Waals surface area contributed by atoms with Gasteiger partial charge in [0.05, 0.1) is 6.54 Å². The SMILES string of the molecule is CC(C)CC(C)N1CC(Oc2cccc3ocnc23)=CC1=O. The molecule has 1 aromatic heterocycles. The van der Waals surface area contributed by atoms with E-state index in [1.54, 1.807) is 6.08 Å². The smallest absolute Gasteiger partial charge is 0.250 e. The van der Waals surface area contributed by atoms with Crippen LogP contribution in [-0.2, 0) is 4.79 Å². The molecule has 22 heavy (non-hydrogen) atoms. The maximum atomic E-state index is 12.1. The summed E-state index contributed by atoms with van der Waals surface area (Å²) in [5.74, 6) is 1.83. The molecule has 1 unspecified atom stereocenters. The first kappa shape index (κ1) is 14.6. The summed E-state index contributed by atoms with van der Waals surface area (Å²) < 4.78 is 11.1. The van der Waals surface area contributed by atoms with Crippen LogP contribution < -0.4 is 4.74 Å². The van der Waals surface area contributed by atoms with E-state index in [1.165, 1.54) is 6.39 Å². The van der Waals surface area contributed by atoms with Crippen molar-refractivity contribution in [2.24, 2.45) is 5.92 Å². The standard InChI is InChI=1S/C17H20N2O3/c1-11(2)7-12(3)19-9-13(8-16(19)20)22-15-6-4-5-14-17(15)18-10-21-14/h4-6,8,10-12H,7,9H2,1-3H3. The second kappa shape index (κ2) is 5.83. The second-order valence-corrected chi connectivity index (χ2v) is 6.11. The molecule has 3 rings (SSSR count). The summed E-state index contributed by atoms with van der Waals surface area (Å²) in [6, 6.07) is 5.71. The summed E-state index contributed by atoms with van der Waals surface area (Å²) >= 11 is 0. The third-order valence-electron chi connectivity index (χ3n) is 3.80. The minimum atomic E-state index is 0.00970. The molecule has 2 heterocycles. The summed E-state index contributed by atoms with van der Waals surface area (Å²) in [5.41, 5.74) is 1.34. The zero-order valence-electron chi connectivity index (χ0n) is 13.1. The maximum Gasteiger partial charge on any atom is 0.250 e. The van der Waals surface area contributed by atoms with Crippen molar-refractivity contribution in [2.45, 2.75) is 33.2 Å². The molecule has 5 heteroatoms. The second-order valence-electron chi connectivity index (χ2n) is 6.11. The molecule has 0 bridgehead atoms. The van der Waals surface area contributed by atoms with Gasteiger partial charge in [0.1, 0.15) is 5.76 Å². The lowest BCUT2D eigenvalue weighted by atomic mass is 10.0. The normalized spacial score (nSPS) is 16.5. The van der Waals surface area contributed by atoms with Gasteiger partial charge in [-0.1, -0.05) is 19.9 Å². The quantitative estimate of drug-likeness (QED) is 0.849. The van der Waals surface area contributed by atoms with E-state index in [-0.39, 0.29) is 11.9 Å². The van der Waals surface area contributed by atoms with Crippen LogP contribution in [0.5, 0.6) is 5.75 Å². The summed E-state index contributed by atoms with van der Waals surface area (Å²) in [4.78, 5) is 18.1. The highest BCUT2D eigenvalue weighted by atomic mass is 16.5. The van der Waals surface area contributed by atoms with E-state index < -0.39 is 0 Å². The van der Waals surface area contributed by atoms with Crippen LogP contribution in [0.1, 0.15) is 27.2 Å². The minimum absolute atomic E-state index is 0.00970. The highest BCUT2D eigenvalue weighted by Gasteiger charge is 2.28. The molecule has 1 atom stereocenters. The van der Waals surface area contributed by atoms with Crippen LogP contribution in [0.15, 0.2) is 40.8 Å². The van der Waals surface area contributed by atoms with Crippen molar-refractivity contribution in [1.82, 2.24) is 9.88 Å². The Balaban J connectivity index is 1.73.